The van der Waals surface area contributed by atoms with Crippen LogP contribution in [0.25, 0.3) is 0 Å². The Hall–Kier alpha value is -1.14. The zero-order valence-electron chi connectivity index (χ0n) is 39.3. The fourth-order valence-electron chi connectivity index (χ4n) is 6.88. The van der Waals surface area contributed by atoms with Crippen molar-refractivity contribution in [2.75, 3.05) is 68.3 Å². The monoisotopic (exact) mass is 1010 g/mol. The molecule has 3 aliphatic rings. The predicted octanol–water partition coefficient (Wildman–Crippen LogP) is -0.952. The average Bonchev–Trinajstić information content (AvgIpc) is 3.24. The third-order valence-electron chi connectivity index (χ3n) is 10.7. The summed E-state index contributed by atoms with van der Waals surface area (Å²) in [5.41, 5.74) is 9.56. The number of thioether (sulfide) groups is 3. The van der Waals surface area contributed by atoms with Crippen molar-refractivity contribution < 1.29 is 83.2 Å². The molecule has 66 heavy (non-hydrogen) atoms. The molecule has 0 radical (unpaired) electrons. The van der Waals surface area contributed by atoms with Gasteiger partial charge < -0.3 is 90.4 Å². The highest BCUT2D eigenvalue weighted by Crippen LogP contribution is 2.34. The fourth-order valence-corrected chi connectivity index (χ4v) is 9.41. The van der Waals surface area contributed by atoms with Crippen molar-refractivity contribution in [3.8, 4) is 0 Å². The van der Waals surface area contributed by atoms with Gasteiger partial charge in [-0.2, -0.15) is 23.5 Å². The zero-order valence-corrected chi connectivity index (χ0v) is 41.8. The molecule has 3 fully saturated rings. The molecule has 11 unspecified atom stereocenters. The van der Waals surface area contributed by atoms with Gasteiger partial charge in [0.1, 0.15) is 60.1 Å². The summed E-state index contributed by atoms with van der Waals surface area (Å²) >= 11 is 4.33. The molecule has 12 N–H and O–H groups in total. The van der Waals surface area contributed by atoms with E-state index < -0.39 is 102 Å². The van der Waals surface area contributed by atoms with E-state index in [0.717, 1.165) is 17.5 Å². The van der Waals surface area contributed by atoms with Crippen LogP contribution in [0.2, 0.25) is 0 Å². The van der Waals surface area contributed by atoms with Crippen LogP contribution in [0.4, 0.5) is 0 Å². The van der Waals surface area contributed by atoms with Gasteiger partial charge in [0.2, 0.25) is 17.6 Å². The molecule has 0 saturated carbocycles. The molecule has 3 aliphatic heterocycles. The Bertz CT molecular complexity index is 1450. The second-order valence-corrected chi connectivity index (χ2v) is 21.4. The molecule has 14 atom stereocenters. The van der Waals surface area contributed by atoms with E-state index in [1.165, 1.54) is 6.92 Å². The van der Waals surface area contributed by atoms with E-state index in [4.69, 9.17) is 49.4 Å². The number of aliphatic hydroxyl groups excluding tert-OH is 5. The van der Waals surface area contributed by atoms with Gasteiger partial charge in [-0.15, -0.1) is 11.8 Å². The zero-order chi connectivity index (χ0) is 49.2. The number of carbonyl (C=O) groups excluding carboxylic acids is 2. The SMILES string of the molecule is CC(C)OCC1OC(OCC2OC(OC(C)(C)C)C(OCCCSCCNC(=O)CCC(N)=O)C(O)[C@@H]2C)C(OCCCSCCN=C(N)CS[C@@H]2OC(C)C(O)(O)C(O)C2O)C(O)[C@@H]1O. The van der Waals surface area contributed by atoms with Gasteiger partial charge in [-0.25, -0.2) is 0 Å². The van der Waals surface area contributed by atoms with Gasteiger partial charge in [-0.05, 0) is 65.9 Å². The van der Waals surface area contributed by atoms with E-state index in [-0.39, 0.29) is 50.4 Å². The molecule has 2 amide bonds. The lowest BCUT2D eigenvalue weighted by molar-refractivity contribution is -0.342. The third-order valence-corrected chi connectivity index (χ3v) is 14.0. The second-order valence-electron chi connectivity index (χ2n) is 17.8. The van der Waals surface area contributed by atoms with E-state index in [1.54, 1.807) is 23.5 Å². The van der Waals surface area contributed by atoms with Crippen LogP contribution < -0.4 is 16.8 Å². The van der Waals surface area contributed by atoms with Crippen molar-refractivity contribution in [3.05, 3.63) is 0 Å². The number of aliphatic imine (C=N–C) groups is 1. The summed E-state index contributed by atoms with van der Waals surface area (Å²) in [4.78, 5) is 27.0. The number of hydrogen-bond acceptors (Lipinski definition) is 21. The number of aliphatic hydroxyl groups is 7. The minimum absolute atomic E-state index is 0.000535. The summed E-state index contributed by atoms with van der Waals surface area (Å²) in [6.07, 6.45) is -12.5. The lowest BCUT2D eigenvalue weighted by Crippen LogP contribution is -2.64. The lowest BCUT2D eigenvalue weighted by Gasteiger charge is -2.46. The standard InChI is InChI=1S/C42H78N4O17S3/c1-23(2)58-21-27-32(50)33(51)36(57-15-9-16-64-18-12-45-28(43)22-66-40-34(52)37(53)42(54,55)25(4)60-40)38(62-27)59-20-26-24(3)31(49)35(39(61-26)63-41(5,6)7)56-14-8-17-65-19-13-46-30(48)11-10-29(44)47/h23-27,31-40,49-55H,8-22H2,1-7H3,(H2,43,45)(H2,44,47)(H,46,48)/t24-,25?,26?,27?,31?,32-,33?,34?,35?,36?,37?,38?,39?,40+/m1/s1. The molecular weight excluding hydrogens is 929 g/mol. The maximum Gasteiger partial charge on any atom is 0.220 e. The van der Waals surface area contributed by atoms with E-state index in [1.807, 2.05) is 41.5 Å². The van der Waals surface area contributed by atoms with Crippen LogP contribution in [0, 0.1) is 5.92 Å². The van der Waals surface area contributed by atoms with Crippen LogP contribution in [0.3, 0.4) is 0 Å². The number of nitrogens with one attached hydrogen (secondary N) is 1. The minimum atomic E-state index is -2.57. The Morgan fingerprint density at radius 3 is 2.03 bits per heavy atom. The number of amides is 2. The Morgan fingerprint density at radius 1 is 0.788 bits per heavy atom. The summed E-state index contributed by atoms with van der Waals surface area (Å²) in [6, 6.07) is 0. The Morgan fingerprint density at radius 2 is 1.41 bits per heavy atom. The van der Waals surface area contributed by atoms with Gasteiger partial charge in [0.15, 0.2) is 12.6 Å². The van der Waals surface area contributed by atoms with Gasteiger partial charge in [-0.3, -0.25) is 14.6 Å². The van der Waals surface area contributed by atoms with Gasteiger partial charge >= 0.3 is 0 Å². The first kappa shape index (κ1) is 59.2. The van der Waals surface area contributed by atoms with Gasteiger partial charge in [0.25, 0.3) is 0 Å². The quantitative estimate of drug-likeness (QED) is 0.0187. The Kier molecular flexibility index (Phi) is 26.2. The van der Waals surface area contributed by atoms with Crippen LogP contribution in [-0.2, 0) is 47.5 Å². The van der Waals surface area contributed by atoms with E-state index in [9.17, 15) is 45.3 Å². The smallest absolute Gasteiger partial charge is 0.220 e. The van der Waals surface area contributed by atoms with Crippen LogP contribution >= 0.6 is 35.3 Å². The molecule has 3 saturated heterocycles. The first-order valence-corrected chi connectivity index (χ1v) is 26.0. The summed E-state index contributed by atoms with van der Waals surface area (Å²) in [5, 5.41) is 76.7. The number of nitrogens with two attached hydrogens (primary N) is 2. The van der Waals surface area contributed by atoms with Crippen molar-refractivity contribution in [2.24, 2.45) is 22.4 Å². The lowest BCUT2D eigenvalue weighted by atomic mass is 9.90. The van der Waals surface area contributed by atoms with Crippen LogP contribution in [0.15, 0.2) is 4.99 Å². The molecule has 0 spiro atoms. The van der Waals surface area contributed by atoms with Crippen LogP contribution in [-0.4, -0.2) is 218 Å². The maximum absolute atomic E-state index is 11.8. The molecule has 24 heteroatoms. The molecule has 0 aliphatic carbocycles. The first-order valence-electron chi connectivity index (χ1n) is 22.6. The van der Waals surface area contributed by atoms with E-state index in [2.05, 4.69) is 10.3 Å². The summed E-state index contributed by atoms with van der Waals surface area (Å²) in [6.45, 7) is 13.8. The maximum atomic E-state index is 11.8. The molecular formula is C42H78N4O17S3. The van der Waals surface area contributed by atoms with Crippen LogP contribution in [0.5, 0.6) is 0 Å². The number of hydrogen-bond donors (Lipinski definition) is 10. The molecule has 21 nitrogen and oxygen atoms in total. The number of primary amides is 1. The molecule has 386 valence electrons. The van der Waals surface area contributed by atoms with Gasteiger partial charge in [-0.1, -0.05) is 6.92 Å². The summed E-state index contributed by atoms with van der Waals surface area (Å²) in [5.74, 6) is -0.550. The van der Waals surface area contributed by atoms with Gasteiger partial charge in [0.05, 0.1) is 42.9 Å². The predicted molar refractivity (Wildman–Crippen MR) is 250 cm³/mol. The second kappa shape index (κ2) is 29.3. The number of rotatable bonds is 29. The molecule has 3 heterocycles. The number of amidine groups is 1. The Balaban J connectivity index is 1.49. The first-order chi connectivity index (χ1) is 31.0. The largest absolute Gasteiger partial charge is 0.390 e. The molecule has 0 aromatic heterocycles. The Labute approximate surface area is 401 Å². The normalized spacial score (nSPS) is 33.0. The topological polar surface area (TPSA) is 326 Å². The van der Waals surface area contributed by atoms with E-state index in [0.29, 0.717) is 55.6 Å². The highest BCUT2D eigenvalue weighted by Gasteiger charge is 2.52. The van der Waals surface area contributed by atoms with Crippen molar-refractivity contribution in [1.29, 1.82) is 0 Å². The minimum Gasteiger partial charge on any atom is -0.390 e. The summed E-state index contributed by atoms with van der Waals surface area (Å²) in [7, 11) is 0. The van der Waals surface area contributed by atoms with Crippen molar-refractivity contribution >= 4 is 52.9 Å². The average molecular weight is 1010 g/mol. The molecule has 3 rings (SSSR count). The number of nitrogens with zero attached hydrogens (tertiary/aromatic N) is 1. The highest BCUT2D eigenvalue weighted by atomic mass is 32.2. The van der Waals surface area contributed by atoms with Crippen LogP contribution in [0.1, 0.15) is 74.1 Å². The third kappa shape index (κ3) is 19.9. The number of carbonyl (C=O) groups is 2. The van der Waals surface area contributed by atoms with Crippen molar-refractivity contribution in [3.63, 3.8) is 0 Å². The highest BCUT2D eigenvalue weighted by molar-refractivity contribution is 8.00. The molecule has 0 aromatic rings. The summed E-state index contributed by atoms with van der Waals surface area (Å²) < 4.78 is 48.6. The van der Waals surface area contributed by atoms with E-state index >= 15 is 0 Å². The molecule has 0 aromatic carbocycles. The van der Waals surface area contributed by atoms with Gasteiger partial charge in [0, 0.05) is 56.6 Å². The fraction of sp³-hybridized carbons (Fsp3) is 0.929. The molecule has 0 bridgehead atoms. The number of ether oxygens (including phenoxy) is 8. The van der Waals surface area contributed by atoms with Crippen molar-refractivity contribution in [2.45, 2.75) is 171 Å². The van der Waals surface area contributed by atoms with Crippen molar-refractivity contribution in [1.82, 2.24) is 5.32 Å².